The van der Waals surface area contributed by atoms with Crippen LogP contribution < -0.4 is 0 Å². The molecular weight excluding hydrogens is 422 g/mol. The van der Waals surface area contributed by atoms with Crippen molar-refractivity contribution >= 4 is 12.0 Å². The molecule has 2 aliphatic heterocycles. The molecule has 0 aromatic heterocycles. The Balaban J connectivity index is 2.25. The molecule has 0 aromatic carbocycles. The van der Waals surface area contributed by atoms with E-state index in [2.05, 4.69) is 4.99 Å². The number of Topliss-reactive ketones (excluding diaryl/α,β-unsaturated/α-hetero) is 1. The molecule has 8 N–H and O–H groups in total. The van der Waals surface area contributed by atoms with E-state index < -0.39 is 80.3 Å². The van der Waals surface area contributed by atoms with Crippen LogP contribution in [0.4, 0.5) is 0 Å². The lowest BCUT2D eigenvalue weighted by Gasteiger charge is -2.45. The minimum absolute atomic E-state index is 0.171. The lowest BCUT2D eigenvalue weighted by molar-refractivity contribution is -0.344. The first-order valence-electron chi connectivity index (χ1n) is 9.55. The van der Waals surface area contributed by atoms with E-state index in [1.165, 1.54) is 13.8 Å². The van der Waals surface area contributed by atoms with Crippen molar-refractivity contribution in [2.24, 2.45) is 4.99 Å². The van der Waals surface area contributed by atoms with E-state index in [9.17, 15) is 45.6 Å². The van der Waals surface area contributed by atoms with Crippen molar-refractivity contribution in [1.29, 1.82) is 0 Å². The van der Waals surface area contributed by atoms with E-state index in [4.69, 9.17) is 14.2 Å². The highest BCUT2D eigenvalue weighted by atomic mass is 16.7. The largest absolute Gasteiger partial charge is 0.512 e. The van der Waals surface area contributed by atoms with Gasteiger partial charge in [-0.2, -0.15) is 0 Å². The van der Waals surface area contributed by atoms with Crippen LogP contribution in [0.5, 0.6) is 0 Å². The number of ether oxygens (including phenoxy) is 3. The number of allylic oxidation sites excluding steroid dienone is 2. The fraction of sp³-hybridized carbons (Fsp3) is 0.778. The summed E-state index contributed by atoms with van der Waals surface area (Å²) in [6.07, 6.45) is -13.2. The Morgan fingerprint density at radius 2 is 1.55 bits per heavy atom. The van der Waals surface area contributed by atoms with Gasteiger partial charge in [0.15, 0.2) is 18.4 Å². The molecule has 0 aromatic rings. The van der Waals surface area contributed by atoms with Crippen molar-refractivity contribution in [3.8, 4) is 0 Å². The summed E-state index contributed by atoms with van der Waals surface area (Å²) in [5.41, 5.74) is -0.171. The number of nitrogens with zero attached hydrogens (tertiary/aromatic N) is 1. The average molecular weight is 451 g/mol. The quantitative estimate of drug-likeness (QED) is 0.106. The number of aliphatic imine (C=N–C) groups is 1. The third kappa shape index (κ3) is 5.64. The fourth-order valence-corrected chi connectivity index (χ4v) is 3.33. The normalized spacial score (nSPS) is 42.5. The number of rotatable bonds is 7. The van der Waals surface area contributed by atoms with Gasteiger partial charge in [-0.15, -0.1) is 0 Å². The summed E-state index contributed by atoms with van der Waals surface area (Å²) in [5.74, 6) is -0.855. The maximum Gasteiger partial charge on any atom is 0.187 e. The van der Waals surface area contributed by atoms with Gasteiger partial charge in [0.2, 0.25) is 0 Å². The molecule has 0 saturated carbocycles. The molecule has 4 unspecified atom stereocenters. The standard InChI is InChI=1S/C18H29NO12/c1-6(22)8(7(2)23)3-19-11-13(25)16(10(5-21)29-17(11)28)31-18-15(27)14(26)12(24)9(4-20)30-18/h3,9-18,20-22,24-28H,4-5H2,1-2H3/b8-6+,19-3?/t9?,10?,11?,12-,13+,14-,15?,16-,17+,18-/m0/s1. The Labute approximate surface area is 177 Å². The van der Waals surface area contributed by atoms with Crippen LogP contribution in [-0.4, -0.2) is 127 Å². The molecule has 13 heteroatoms. The molecule has 0 bridgehead atoms. The summed E-state index contributed by atoms with van der Waals surface area (Å²) < 4.78 is 15.9. The fourth-order valence-electron chi connectivity index (χ4n) is 3.33. The van der Waals surface area contributed by atoms with Crippen LogP contribution in [0.15, 0.2) is 16.3 Å². The minimum atomic E-state index is -1.78. The molecule has 178 valence electrons. The molecule has 0 aliphatic carbocycles. The Morgan fingerprint density at radius 3 is 2.06 bits per heavy atom. The Morgan fingerprint density at radius 1 is 0.935 bits per heavy atom. The highest BCUT2D eigenvalue weighted by Gasteiger charge is 2.50. The number of ketones is 1. The average Bonchev–Trinajstić information content (AvgIpc) is 2.71. The van der Waals surface area contributed by atoms with Crippen molar-refractivity contribution in [3.63, 3.8) is 0 Å². The smallest absolute Gasteiger partial charge is 0.187 e. The van der Waals surface area contributed by atoms with E-state index in [1.54, 1.807) is 0 Å². The van der Waals surface area contributed by atoms with Gasteiger partial charge < -0.3 is 55.1 Å². The molecule has 31 heavy (non-hydrogen) atoms. The zero-order chi connectivity index (χ0) is 23.5. The summed E-state index contributed by atoms with van der Waals surface area (Å²) >= 11 is 0. The summed E-state index contributed by atoms with van der Waals surface area (Å²) in [7, 11) is 0. The molecule has 2 aliphatic rings. The molecular formula is C18H29NO12. The lowest BCUT2D eigenvalue weighted by Crippen LogP contribution is -2.64. The number of hydrogen-bond acceptors (Lipinski definition) is 13. The van der Waals surface area contributed by atoms with Crippen molar-refractivity contribution in [1.82, 2.24) is 0 Å². The minimum Gasteiger partial charge on any atom is -0.512 e. The monoisotopic (exact) mass is 451 g/mol. The summed E-state index contributed by atoms with van der Waals surface area (Å²) in [4.78, 5) is 15.5. The molecule has 0 amide bonds. The van der Waals surface area contributed by atoms with Gasteiger partial charge in [-0.1, -0.05) is 0 Å². The molecule has 2 heterocycles. The van der Waals surface area contributed by atoms with Gasteiger partial charge in [0, 0.05) is 6.21 Å². The molecule has 0 spiro atoms. The summed E-state index contributed by atoms with van der Waals surface area (Å²) in [5, 5.41) is 79.1. The molecule has 13 nitrogen and oxygen atoms in total. The summed E-state index contributed by atoms with van der Waals surface area (Å²) in [6, 6.07) is -1.42. The van der Waals surface area contributed by atoms with Gasteiger partial charge in [0.25, 0.3) is 0 Å². The topological polar surface area (TPSA) is 219 Å². The van der Waals surface area contributed by atoms with Crippen LogP contribution in [-0.2, 0) is 19.0 Å². The molecule has 10 atom stereocenters. The molecule has 0 radical (unpaired) electrons. The molecule has 2 rings (SSSR count). The SMILES string of the molecule is CC(=O)/C(C=NC1[C@H](O)OC(CO)[C@H](O[C@@H]2OC(CO)[C@H](O)[C@H](O)C2O)[C@@H]1O)=C(\C)O. The first kappa shape index (κ1) is 25.7. The van der Waals surface area contributed by atoms with E-state index >= 15 is 0 Å². The number of aliphatic hydroxyl groups is 8. The highest BCUT2D eigenvalue weighted by Crippen LogP contribution is 2.29. The first-order chi connectivity index (χ1) is 14.5. The number of hydrogen-bond donors (Lipinski definition) is 8. The zero-order valence-corrected chi connectivity index (χ0v) is 16.9. The van der Waals surface area contributed by atoms with Crippen molar-refractivity contribution in [3.05, 3.63) is 11.3 Å². The van der Waals surface area contributed by atoms with Gasteiger partial charge in [0.1, 0.15) is 54.5 Å². The third-order valence-electron chi connectivity index (χ3n) is 5.12. The second-order valence-electron chi connectivity index (χ2n) is 7.36. The van der Waals surface area contributed by atoms with E-state index in [1.807, 2.05) is 0 Å². The van der Waals surface area contributed by atoms with Crippen molar-refractivity contribution in [2.75, 3.05) is 13.2 Å². The maximum atomic E-state index is 11.6. The van der Waals surface area contributed by atoms with Gasteiger partial charge in [-0.25, -0.2) is 0 Å². The number of aliphatic hydroxyl groups excluding tert-OH is 8. The zero-order valence-electron chi connectivity index (χ0n) is 16.9. The number of carbonyl (C=O) groups excluding carboxylic acids is 1. The molecule has 2 saturated heterocycles. The summed E-state index contributed by atoms with van der Waals surface area (Å²) in [6.45, 7) is 1.00. The first-order valence-corrected chi connectivity index (χ1v) is 9.55. The Kier molecular flexibility index (Phi) is 9.03. The van der Waals surface area contributed by atoms with Gasteiger partial charge in [0.05, 0.1) is 18.8 Å². The van der Waals surface area contributed by atoms with E-state index in [-0.39, 0.29) is 11.3 Å². The van der Waals surface area contributed by atoms with E-state index in [0.717, 1.165) is 6.21 Å². The van der Waals surface area contributed by atoms with Crippen LogP contribution in [0.1, 0.15) is 13.8 Å². The van der Waals surface area contributed by atoms with Crippen LogP contribution in [0.3, 0.4) is 0 Å². The second-order valence-corrected chi connectivity index (χ2v) is 7.36. The molecule has 2 fully saturated rings. The second kappa shape index (κ2) is 10.9. The van der Waals surface area contributed by atoms with Crippen LogP contribution in [0, 0.1) is 0 Å². The van der Waals surface area contributed by atoms with Gasteiger partial charge in [-0.05, 0) is 13.8 Å². The van der Waals surface area contributed by atoms with Gasteiger partial charge in [-0.3, -0.25) is 9.79 Å². The Hall–Kier alpha value is -1.52. The van der Waals surface area contributed by atoms with Crippen LogP contribution >= 0.6 is 0 Å². The van der Waals surface area contributed by atoms with E-state index in [0.29, 0.717) is 0 Å². The predicted molar refractivity (Wildman–Crippen MR) is 101 cm³/mol. The van der Waals surface area contributed by atoms with Crippen LogP contribution in [0.25, 0.3) is 0 Å². The lowest BCUT2D eigenvalue weighted by atomic mass is 9.96. The van der Waals surface area contributed by atoms with Gasteiger partial charge >= 0.3 is 0 Å². The highest BCUT2D eigenvalue weighted by molar-refractivity contribution is 6.12. The number of carbonyl (C=O) groups is 1. The van der Waals surface area contributed by atoms with Crippen molar-refractivity contribution < 1.29 is 59.9 Å². The Bertz CT molecular complexity index is 678. The predicted octanol–water partition coefficient (Wildman–Crippen LogP) is -3.90. The van der Waals surface area contributed by atoms with Crippen molar-refractivity contribution in [2.45, 2.75) is 75.2 Å². The third-order valence-corrected chi connectivity index (χ3v) is 5.12. The van der Waals surface area contributed by atoms with Crippen LogP contribution in [0.2, 0.25) is 0 Å². The maximum absolute atomic E-state index is 11.6.